The van der Waals surface area contributed by atoms with Crippen LogP contribution in [-0.4, -0.2) is 46.2 Å². The summed E-state index contributed by atoms with van der Waals surface area (Å²) in [7, 11) is 1.85. The lowest BCUT2D eigenvalue weighted by molar-refractivity contribution is 0.0937. The Morgan fingerprint density at radius 2 is 2.43 bits per heavy atom. The molecule has 0 aliphatic heterocycles. The zero-order chi connectivity index (χ0) is 10.2. The highest BCUT2D eigenvalue weighted by Crippen LogP contribution is 1.88. The lowest BCUT2D eigenvalue weighted by Crippen LogP contribution is -2.21. The van der Waals surface area contributed by atoms with E-state index in [-0.39, 0.29) is 6.61 Å². The van der Waals surface area contributed by atoms with Crippen LogP contribution in [0.15, 0.2) is 6.33 Å². The minimum absolute atomic E-state index is 0.0727. The number of aliphatic hydroxyl groups excluding tert-OH is 1. The van der Waals surface area contributed by atoms with E-state index in [9.17, 15) is 0 Å². The molecule has 1 aromatic rings. The number of nitrogens with one attached hydrogen (secondary N) is 1. The Bertz CT molecular complexity index is 251. The van der Waals surface area contributed by atoms with Crippen LogP contribution in [0.1, 0.15) is 5.82 Å². The highest BCUT2D eigenvalue weighted by atomic mass is 16.5. The quantitative estimate of drug-likeness (QED) is 0.547. The van der Waals surface area contributed by atoms with E-state index in [2.05, 4.69) is 15.4 Å². The van der Waals surface area contributed by atoms with E-state index in [4.69, 9.17) is 9.84 Å². The summed E-state index contributed by atoms with van der Waals surface area (Å²) in [5.74, 6) is 0.896. The molecule has 0 amide bonds. The molecule has 2 N–H and O–H groups in total. The van der Waals surface area contributed by atoms with E-state index < -0.39 is 0 Å². The first kappa shape index (κ1) is 11.1. The molecule has 0 radical (unpaired) electrons. The molecule has 0 aliphatic rings. The van der Waals surface area contributed by atoms with Crippen LogP contribution in [0.5, 0.6) is 0 Å². The average Bonchev–Trinajstić information content (AvgIpc) is 2.58. The third-order valence-electron chi connectivity index (χ3n) is 1.75. The van der Waals surface area contributed by atoms with Crippen molar-refractivity contribution in [1.82, 2.24) is 20.1 Å². The maximum atomic E-state index is 8.44. The van der Waals surface area contributed by atoms with Gasteiger partial charge in [0.1, 0.15) is 12.2 Å². The maximum Gasteiger partial charge on any atom is 0.140 e. The Labute approximate surface area is 82.9 Å². The molecule has 1 rings (SSSR count). The van der Waals surface area contributed by atoms with Gasteiger partial charge in [-0.25, -0.2) is 4.98 Å². The van der Waals surface area contributed by atoms with Gasteiger partial charge in [-0.1, -0.05) is 0 Å². The smallest absolute Gasteiger partial charge is 0.140 e. The fourth-order valence-electron chi connectivity index (χ4n) is 0.991. The van der Waals surface area contributed by atoms with Crippen molar-refractivity contribution in [2.24, 2.45) is 7.05 Å². The molecular formula is C8H16N4O2. The van der Waals surface area contributed by atoms with Gasteiger partial charge in [0.05, 0.1) is 26.4 Å². The normalized spacial score (nSPS) is 10.7. The van der Waals surface area contributed by atoms with Crippen LogP contribution < -0.4 is 5.32 Å². The van der Waals surface area contributed by atoms with Gasteiger partial charge in [-0.2, -0.15) is 5.10 Å². The average molecular weight is 200 g/mol. The molecule has 14 heavy (non-hydrogen) atoms. The largest absolute Gasteiger partial charge is 0.394 e. The zero-order valence-corrected chi connectivity index (χ0v) is 8.31. The number of aromatic nitrogens is 3. The first-order valence-corrected chi connectivity index (χ1v) is 4.57. The van der Waals surface area contributed by atoms with Crippen LogP contribution in [0.25, 0.3) is 0 Å². The van der Waals surface area contributed by atoms with E-state index in [0.29, 0.717) is 19.8 Å². The predicted octanol–water partition coefficient (Wildman–Crippen LogP) is -1.09. The molecule has 0 fully saturated rings. The van der Waals surface area contributed by atoms with E-state index in [1.54, 1.807) is 4.68 Å². The summed E-state index contributed by atoms with van der Waals surface area (Å²) in [5.41, 5.74) is 0. The number of aliphatic hydroxyl groups is 1. The second kappa shape index (κ2) is 6.47. The Kier molecular flexibility index (Phi) is 5.13. The van der Waals surface area contributed by atoms with Crippen molar-refractivity contribution >= 4 is 0 Å². The molecule has 1 heterocycles. The topological polar surface area (TPSA) is 72.2 Å². The summed E-state index contributed by atoms with van der Waals surface area (Å²) >= 11 is 0. The monoisotopic (exact) mass is 200 g/mol. The molecule has 0 bridgehead atoms. The van der Waals surface area contributed by atoms with Crippen molar-refractivity contribution in [2.75, 3.05) is 26.4 Å². The van der Waals surface area contributed by atoms with Gasteiger partial charge in [-0.3, -0.25) is 4.68 Å². The van der Waals surface area contributed by atoms with Crippen molar-refractivity contribution in [3.63, 3.8) is 0 Å². The molecular weight excluding hydrogens is 184 g/mol. The van der Waals surface area contributed by atoms with Gasteiger partial charge in [0.15, 0.2) is 0 Å². The van der Waals surface area contributed by atoms with Gasteiger partial charge in [0.25, 0.3) is 0 Å². The molecule has 0 aliphatic carbocycles. The third kappa shape index (κ3) is 3.82. The second-order valence-corrected chi connectivity index (χ2v) is 2.81. The van der Waals surface area contributed by atoms with Gasteiger partial charge >= 0.3 is 0 Å². The van der Waals surface area contributed by atoms with Crippen LogP contribution in [0.3, 0.4) is 0 Å². The minimum Gasteiger partial charge on any atom is -0.394 e. The van der Waals surface area contributed by atoms with Crippen molar-refractivity contribution in [3.8, 4) is 0 Å². The van der Waals surface area contributed by atoms with E-state index in [1.807, 2.05) is 7.05 Å². The fraction of sp³-hybridized carbons (Fsp3) is 0.750. The maximum absolute atomic E-state index is 8.44. The van der Waals surface area contributed by atoms with Gasteiger partial charge in [0, 0.05) is 13.6 Å². The highest BCUT2D eigenvalue weighted by Gasteiger charge is 1.98. The van der Waals surface area contributed by atoms with Crippen molar-refractivity contribution < 1.29 is 9.84 Å². The van der Waals surface area contributed by atoms with Crippen LogP contribution >= 0.6 is 0 Å². The Hall–Kier alpha value is -0.980. The minimum atomic E-state index is 0.0727. The first-order valence-electron chi connectivity index (χ1n) is 4.57. The Balaban J connectivity index is 2.02. The lowest BCUT2D eigenvalue weighted by atomic mass is 10.5. The lowest BCUT2D eigenvalue weighted by Gasteiger charge is -2.04. The summed E-state index contributed by atoms with van der Waals surface area (Å²) in [6.45, 7) is 2.49. The number of nitrogens with zero attached hydrogens (tertiary/aromatic N) is 3. The molecule has 6 nitrogen and oxygen atoms in total. The molecule has 0 spiro atoms. The molecule has 6 heteroatoms. The van der Waals surface area contributed by atoms with Crippen molar-refractivity contribution in [2.45, 2.75) is 6.54 Å². The number of rotatable bonds is 7. The molecule has 0 unspecified atom stereocenters. The Morgan fingerprint density at radius 1 is 1.57 bits per heavy atom. The van der Waals surface area contributed by atoms with Crippen LogP contribution in [0, 0.1) is 0 Å². The third-order valence-corrected chi connectivity index (χ3v) is 1.75. The van der Waals surface area contributed by atoms with E-state index >= 15 is 0 Å². The molecule has 0 saturated carbocycles. The van der Waals surface area contributed by atoms with E-state index in [1.165, 1.54) is 6.33 Å². The van der Waals surface area contributed by atoms with Crippen LogP contribution in [-0.2, 0) is 18.3 Å². The number of aryl methyl sites for hydroxylation is 1. The molecule has 0 aromatic carbocycles. The van der Waals surface area contributed by atoms with Gasteiger partial charge in [-0.05, 0) is 0 Å². The summed E-state index contributed by atoms with van der Waals surface area (Å²) in [4.78, 5) is 4.06. The zero-order valence-electron chi connectivity index (χ0n) is 8.31. The fourth-order valence-corrected chi connectivity index (χ4v) is 0.991. The first-order chi connectivity index (χ1) is 6.84. The van der Waals surface area contributed by atoms with Crippen molar-refractivity contribution in [1.29, 1.82) is 0 Å². The molecule has 80 valence electrons. The van der Waals surface area contributed by atoms with Crippen molar-refractivity contribution in [3.05, 3.63) is 12.2 Å². The summed E-state index contributed by atoms with van der Waals surface area (Å²) < 4.78 is 6.80. The highest BCUT2D eigenvalue weighted by molar-refractivity contribution is 4.81. The van der Waals surface area contributed by atoms with Gasteiger partial charge in [-0.15, -0.1) is 0 Å². The predicted molar refractivity (Wildman–Crippen MR) is 50.6 cm³/mol. The van der Waals surface area contributed by atoms with Gasteiger partial charge < -0.3 is 15.2 Å². The number of ether oxygens (including phenoxy) is 1. The van der Waals surface area contributed by atoms with Crippen LogP contribution in [0.4, 0.5) is 0 Å². The van der Waals surface area contributed by atoms with Crippen LogP contribution in [0.2, 0.25) is 0 Å². The Morgan fingerprint density at radius 3 is 3.07 bits per heavy atom. The standard InChI is InChI=1S/C8H16N4O2/c1-12-8(10-7-11-12)6-9-2-4-14-5-3-13/h7,9,13H,2-6H2,1H3. The van der Waals surface area contributed by atoms with E-state index in [0.717, 1.165) is 12.4 Å². The summed E-state index contributed by atoms with van der Waals surface area (Å²) in [6, 6.07) is 0. The molecule has 1 aromatic heterocycles. The van der Waals surface area contributed by atoms with Gasteiger partial charge in [0.2, 0.25) is 0 Å². The molecule has 0 atom stereocenters. The number of hydrogen-bond donors (Lipinski definition) is 2. The summed E-state index contributed by atoms with van der Waals surface area (Å²) in [5, 5.41) is 15.5. The second-order valence-electron chi connectivity index (χ2n) is 2.81. The molecule has 0 saturated heterocycles. The number of hydrogen-bond acceptors (Lipinski definition) is 5. The SMILES string of the molecule is Cn1ncnc1CNCCOCCO. The summed E-state index contributed by atoms with van der Waals surface area (Å²) in [6.07, 6.45) is 1.53.